The molecule has 2 aromatic rings. The molecule has 1 aliphatic heterocycles. The molecular formula is C18H21N3O7S. The number of amides is 2. The first-order valence-electron chi connectivity index (χ1n) is 8.69. The van der Waals surface area contributed by atoms with Gasteiger partial charge >= 0.3 is 0 Å². The van der Waals surface area contributed by atoms with Gasteiger partial charge in [-0.25, -0.2) is 8.42 Å². The third-order valence-electron chi connectivity index (χ3n) is 4.58. The average Bonchev–Trinajstić information content (AvgIpc) is 3.24. The third-order valence-corrected chi connectivity index (χ3v) is 6.36. The van der Waals surface area contributed by atoms with Gasteiger partial charge in [0.05, 0.1) is 19.8 Å². The first kappa shape index (κ1) is 20.7. The molecule has 2 amide bonds. The Morgan fingerprint density at radius 2 is 1.72 bits per heavy atom. The molecule has 2 N–H and O–H groups in total. The topological polar surface area (TPSA) is 132 Å². The monoisotopic (exact) mass is 423 g/mol. The molecule has 1 aromatic carbocycles. The number of hydrogen-bond acceptors (Lipinski definition) is 7. The van der Waals surface area contributed by atoms with Crippen LogP contribution in [-0.2, 0) is 10.0 Å². The summed E-state index contributed by atoms with van der Waals surface area (Å²) in [7, 11) is -0.957. The summed E-state index contributed by atoms with van der Waals surface area (Å²) in [5.74, 6) is -0.420. The van der Waals surface area contributed by atoms with E-state index in [1.165, 1.54) is 30.7 Å². The molecule has 0 bridgehead atoms. The van der Waals surface area contributed by atoms with Crippen molar-refractivity contribution in [2.75, 3.05) is 40.4 Å². The molecule has 1 fully saturated rings. The number of rotatable bonds is 6. The van der Waals surface area contributed by atoms with E-state index in [1.54, 1.807) is 23.1 Å². The lowest BCUT2D eigenvalue weighted by Crippen LogP contribution is -2.50. The summed E-state index contributed by atoms with van der Waals surface area (Å²) in [6, 6.07) is 7.28. The molecule has 0 atom stereocenters. The Labute approximate surface area is 167 Å². The number of nitrogens with zero attached hydrogens (tertiary/aromatic N) is 2. The molecule has 1 aromatic heterocycles. The number of carbonyl (C=O) groups is 2. The van der Waals surface area contributed by atoms with Crippen LogP contribution in [0.5, 0.6) is 11.5 Å². The van der Waals surface area contributed by atoms with Gasteiger partial charge in [0.1, 0.15) is 11.5 Å². The van der Waals surface area contributed by atoms with Crippen LogP contribution < -0.4 is 15.2 Å². The molecule has 0 aliphatic carbocycles. The van der Waals surface area contributed by atoms with Gasteiger partial charge in [0.25, 0.3) is 21.8 Å². The molecule has 1 aliphatic rings. The van der Waals surface area contributed by atoms with Crippen molar-refractivity contribution in [1.29, 1.82) is 0 Å². The van der Waals surface area contributed by atoms with E-state index < -0.39 is 15.9 Å². The Morgan fingerprint density at radius 1 is 1.03 bits per heavy atom. The molecule has 156 valence electrons. The maximum atomic E-state index is 12.9. The van der Waals surface area contributed by atoms with Crippen LogP contribution in [0.4, 0.5) is 0 Å². The van der Waals surface area contributed by atoms with Crippen molar-refractivity contribution in [2.45, 2.75) is 5.09 Å². The number of hydrogen-bond donors (Lipinski definition) is 1. The molecule has 0 unspecified atom stereocenters. The van der Waals surface area contributed by atoms with Crippen molar-refractivity contribution in [2.24, 2.45) is 5.73 Å². The Kier molecular flexibility index (Phi) is 5.80. The second kappa shape index (κ2) is 8.13. The lowest BCUT2D eigenvalue weighted by Gasteiger charge is -2.33. The zero-order valence-electron chi connectivity index (χ0n) is 16.0. The standard InChI is InChI=1S/C18H21N3O7S/c1-26-12-3-4-13(15(11-12)27-2)18(23)20-7-9-21(10-8-20)29(24,25)16-6-5-14(28-16)17(19)22/h3-6,11H,7-10H2,1-2H3,(H2,19,22). The minimum absolute atomic E-state index is 0.0825. The van der Waals surface area contributed by atoms with Gasteiger partial charge in [0, 0.05) is 32.2 Å². The third kappa shape index (κ3) is 4.05. The van der Waals surface area contributed by atoms with Gasteiger partial charge in [0.2, 0.25) is 5.09 Å². The number of ether oxygens (including phenoxy) is 2. The van der Waals surface area contributed by atoms with Crippen LogP contribution in [0.25, 0.3) is 0 Å². The fourth-order valence-electron chi connectivity index (χ4n) is 3.00. The smallest absolute Gasteiger partial charge is 0.284 e. The van der Waals surface area contributed by atoms with Crippen LogP contribution in [0.2, 0.25) is 0 Å². The van der Waals surface area contributed by atoms with Gasteiger partial charge in [0.15, 0.2) is 5.76 Å². The maximum absolute atomic E-state index is 12.9. The zero-order valence-corrected chi connectivity index (χ0v) is 16.8. The van der Waals surface area contributed by atoms with Gasteiger partial charge in [-0.15, -0.1) is 0 Å². The van der Waals surface area contributed by atoms with Gasteiger partial charge < -0.3 is 24.5 Å². The van der Waals surface area contributed by atoms with E-state index in [0.717, 1.165) is 0 Å². The zero-order chi connectivity index (χ0) is 21.2. The SMILES string of the molecule is COc1ccc(C(=O)N2CCN(S(=O)(=O)c3ccc(C(N)=O)o3)CC2)c(OC)c1. The summed E-state index contributed by atoms with van der Waals surface area (Å²) in [5.41, 5.74) is 5.46. The molecule has 1 saturated heterocycles. The average molecular weight is 423 g/mol. The molecule has 0 radical (unpaired) electrons. The second-order valence-corrected chi connectivity index (χ2v) is 8.11. The van der Waals surface area contributed by atoms with Gasteiger partial charge in [-0.2, -0.15) is 4.31 Å². The van der Waals surface area contributed by atoms with E-state index >= 15 is 0 Å². The minimum Gasteiger partial charge on any atom is -0.497 e. The Balaban J connectivity index is 1.71. The summed E-state index contributed by atoms with van der Waals surface area (Å²) in [6.45, 7) is 0.547. The van der Waals surface area contributed by atoms with E-state index in [-0.39, 0.29) is 42.9 Å². The van der Waals surface area contributed by atoms with Crippen molar-refractivity contribution >= 4 is 21.8 Å². The van der Waals surface area contributed by atoms with Gasteiger partial charge in [-0.05, 0) is 24.3 Å². The number of carbonyl (C=O) groups excluding carboxylic acids is 2. The van der Waals surface area contributed by atoms with E-state index in [9.17, 15) is 18.0 Å². The summed E-state index contributed by atoms with van der Waals surface area (Å²) >= 11 is 0. The predicted molar refractivity (Wildman–Crippen MR) is 101 cm³/mol. The highest BCUT2D eigenvalue weighted by atomic mass is 32.2. The lowest BCUT2D eigenvalue weighted by molar-refractivity contribution is 0.0693. The Bertz CT molecular complexity index is 1020. The number of primary amides is 1. The van der Waals surface area contributed by atoms with Crippen molar-refractivity contribution in [3.63, 3.8) is 0 Å². The van der Waals surface area contributed by atoms with Gasteiger partial charge in [-0.3, -0.25) is 9.59 Å². The van der Waals surface area contributed by atoms with Crippen molar-refractivity contribution < 1.29 is 31.9 Å². The highest BCUT2D eigenvalue weighted by Crippen LogP contribution is 2.27. The largest absolute Gasteiger partial charge is 0.497 e. The molecule has 29 heavy (non-hydrogen) atoms. The van der Waals surface area contributed by atoms with Crippen LogP contribution in [0.1, 0.15) is 20.9 Å². The van der Waals surface area contributed by atoms with E-state index in [2.05, 4.69) is 0 Å². The molecule has 0 saturated carbocycles. The fraction of sp³-hybridized carbons (Fsp3) is 0.333. The molecule has 0 spiro atoms. The van der Waals surface area contributed by atoms with Crippen LogP contribution in [0, 0.1) is 0 Å². The number of sulfonamides is 1. The summed E-state index contributed by atoms with van der Waals surface area (Å²) in [6.07, 6.45) is 0. The van der Waals surface area contributed by atoms with E-state index in [0.29, 0.717) is 17.1 Å². The van der Waals surface area contributed by atoms with Crippen LogP contribution in [0.3, 0.4) is 0 Å². The highest BCUT2D eigenvalue weighted by molar-refractivity contribution is 7.89. The predicted octanol–water partition coefficient (Wildman–Crippen LogP) is 0.542. The number of methoxy groups -OCH3 is 2. The van der Waals surface area contributed by atoms with Crippen LogP contribution >= 0.6 is 0 Å². The summed E-state index contributed by atoms with van der Waals surface area (Å²) in [4.78, 5) is 25.5. The van der Waals surface area contributed by atoms with E-state index in [1.807, 2.05) is 0 Å². The number of nitrogens with two attached hydrogens (primary N) is 1. The van der Waals surface area contributed by atoms with Crippen LogP contribution in [0.15, 0.2) is 39.8 Å². The Hall–Kier alpha value is -3.05. The second-order valence-electron chi connectivity index (χ2n) is 6.25. The van der Waals surface area contributed by atoms with Crippen molar-refractivity contribution in [3.8, 4) is 11.5 Å². The van der Waals surface area contributed by atoms with E-state index in [4.69, 9.17) is 19.6 Å². The van der Waals surface area contributed by atoms with Crippen LogP contribution in [-0.4, -0.2) is 69.8 Å². The number of furan rings is 1. The summed E-state index contributed by atoms with van der Waals surface area (Å²) < 4.78 is 42.0. The van der Waals surface area contributed by atoms with Crippen molar-refractivity contribution in [3.05, 3.63) is 41.7 Å². The number of benzene rings is 1. The molecular weight excluding hydrogens is 402 g/mol. The fourth-order valence-corrected chi connectivity index (χ4v) is 4.33. The normalized spacial score (nSPS) is 15.2. The first-order chi connectivity index (χ1) is 13.8. The minimum atomic E-state index is -3.93. The molecule has 11 heteroatoms. The molecule has 2 heterocycles. The lowest BCUT2D eigenvalue weighted by atomic mass is 10.1. The summed E-state index contributed by atoms with van der Waals surface area (Å²) in [5, 5.41) is -0.358. The van der Waals surface area contributed by atoms with Crippen molar-refractivity contribution in [1.82, 2.24) is 9.21 Å². The molecule has 3 rings (SSSR count). The maximum Gasteiger partial charge on any atom is 0.284 e. The molecule has 10 nitrogen and oxygen atoms in total. The first-order valence-corrected chi connectivity index (χ1v) is 10.1. The highest BCUT2D eigenvalue weighted by Gasteiger charge is 2.33. The van der Waals surface area contributed by atoms with Gasteiger partial charge in [-0.1, -0.05) is 0 Å². The Morgan fingerprint density at radius 3 is 2.28 bits per heavy atom. The quantitative estimate of drug-likeness (QED) is 0.717. The number of piperazine rings is 1.